The maximum Gasteiger partial charge on any atom is 0.432 e. The number of benzene rings is 2. The normalized spacial score (nSPS) is 10.8. The van der Waals surface area contributed by atoms with Crippen molar-refractivity contribution in [3.05, 3.63) is 64.7 Å². The van der Waals surface area contributed by atoms with Crippen LogP contribution in [0.3, 0.4) is 0 Å². The van der Waals surface area contributed by atoms with Crippen LogP contribution >= 0.6 is 0 Å². The summed E-state index contributed by atoms with van der Waals surface area (Å²) < 4.78 is 62.2. The average Bonchev–Trinajstić information content (AvgIpc) is 2.71. The van der Waals surface area contributed by atoms with Crippen LogP contribution in [0.25, 0.3) is 0 Å². The SMILES string of the molecule is C#CCCCCc1cc(F)c(C(F)(F)Oc2ccc(C#CCCCCO)cc2)c(F)c1. The molecule has 2 rings (SSSR count). The van der Waals surface area contributed by atoms with Gasteiger partial charge in [0.05, 0.1) is 0 Å². The molecule has 2 nitrogen and oxygen atoms in total. The molecule has 0 atom stereocenters. The number of aryl methyl sites for hydroxylation is 1. The fourth-order valence-electron chi connectivity index (χ4n) is 2.90. The van der Waals surface area contributed by atoms with E-state index in [-0.39, 0.29) is 17.9 Å². The van der Waals surface area contributed by atoms with Crippen LogP contribution in [0, 0.1) is 35.8 Å². The summed E-state index contributed by atoms with van der Waals surface area (Å²) in [5.74, 6) is 5.29. The van der Waals surface area contributed by atoms with E-state index in [1.807, 2.05) is 0 Å². The third kappa shape index (κ3) is 7.66. The molecular weight excluding hydrogens is 408 g/mol. The van der Waals surface area contributed by atoms with E-state index >= 15 is 0 Å². The highest BCUT2D eigenvalue weighted by Gasteiger charge is 2.41. The molecule has 0 aliphatic rings. The summed E-state index contributed by atoms with van der Waals surface area (Å²) in [6.07, 6.45) is 5.17. The van der Waals surface area contributed by atoms with Gasteiger partial charge in [-0.15, -0.1) is 12.3 Å². The van der Waals surface area contributed by atoms with E-state index in [1.54, 1.807) is 0 Å². The predicted octanol–water partition coefficient (Wildman–Crippen LogP) is 5.95. The van der Waals surface area contributed by atoms with E-state index in [2.05, 4.69) is 22.5 Å². The van der Waals surface area contributed by atoms with E-state index in [0.29, 0.717) is 44.1 Å². The number of unbranched alkanes of at least 4 members (excludes halogenated alkanes) is 4. The van der Waals surface area contributed by atoms with Crippen LogP contribution in [0.1, 0.15) is 55.2 Å². The number of alkyl halides is 2. The van der Waals surface area contributed by atoms with Gasteiger partial charge < -0.3 is 9.84 Å². The molecule has 6 heteroatoms. The molecule has 0 aliphatic heterocycles. The molecule has 2 aromatic rings. The maximum atomic E-state index is 14.5. The quantitative estimate of drug-likeness (QED) is 0.285. The molecule has 0 fully saturated rings. The van der Waals surface area contributed by atoms with Crippen LogP contribution in [0.5, 0.6) is 5.75 Å². The van der Waals surface area contributed by atoms with Gasteiger partial charge in [0.25, 0.3) is 0 Å². The van der Waals surface area contributed by atoms with E-state index in [0.717, 1.165) is 18.6 Å². The highest BCUT2D eigenvalue weighted by molar-refractivity contribution is 5.39. The minimum absolute atomic E-state index is 0.109. The monoisotopic (exact) mass is 432 g/mol. The van der Waals surface area contributed by atoms with Gasteiger partial charge in [-0.3, -0.25) is 0 Å². The van der Waals surface area contributed by atoms with Gasteiger partial charge >= 0.3 is 6.11 Å². The lowest BCUT2D eigenvalue weighted by Gasteiger charge is -2.20. The van der Waals surface area contributed by atoms with Crippen molar-refractivity contribution in [2.45, 2.75) is 51.1 Å². The van der Waals surface area contributed by atoms with Crippen LogP contribution in [0.15, 0.2) is 36.4 Å². The van der Waals surface area contributed by atoms with Crippen LogP contribution in [0.2, 0.25) is 0 Å². The molecule has 0 saturated carbocycles. The number of aliphatic hydroxyl groups excluding tert-OH is 1. The lowest BCUT2D eigenvalue weighted by atomic mass is 10.0. The van der Waals surface area contributed by atoms with Gasteiger partial charge in [-0.2, -0.15) is 8.78 Å². The van der Waals surface area contributed by atoms with Crippen molar-refractivity contribution < 1.29 is 27.4 Å². The maximum absolute atomic E-state index is 14.5. The van der Waals surface area contributed by atoms with Crippen molar-refractivity contribution in [2.75, 3.05) is 6.61 Å². The van der Waals surface area contributed by atoms with E-state index in [9.17, 15) is 17.6 Å². The van der Waals surface area contributed by atoms with Gasteiger partial charge in [-0.05, 0) is 74.1 Å². The van der Waals surface area contributed by atoms with Gasteiger partial charge in [0.1, 0.15) is 22.9 Å². The Balaban J connectivity index is 2.07. The summed E-state index contributed by atoms with van der Waals surface area (Å²) in [5, 5.41) is 8.71. The molecule has 0 radical (unpaired) electrons. The van der Waals surface area contributed by atoms with Gasteiger partial charge in [-0.25, -0.2) is 8.78 Å². The number of rotatable bonds is 10. The number of hydrogen-bond donors (Lipinski definition) is 1. The number of terminal acetylenes is 1. The number of aliphatic hydroxyl groups is 1. The Morgan fingerprint density at radius 1 is 0.935 bits per heavy atom. The summed E-state index contributed by atoms with van der Waals surface area (Å²) in [7, 11) is 0. The second kappa shape index (κ2) is 12.0. The second-order valence-electron chi connectivity index (χ2n) is 6.97. The van der Waals surface area contributed by atoms with Crippen molar-refractivity contribution in [1.29, 1.82) is 0 Å². The van der Waals surface area contributed by atoms with E-state index in [1.165, 1.54) is 24.3 Å². The minimum Gasteiger partial charge on any atom is -0.429 e. The van der Waals surface area contributed by atoms with Crippen molar-refractivity contribution in [3.63, 3.8) is 0 Å². The molecule has 164 valence electrons. The zero-order valence-electron chi connectivity index (χ0n) is 17.1. The van der Waals surface area contributed by atoms with Crippen LogP contribution in [-0.4, -0.2) is 11.7 Å². The van der Waals surface area contributed by atoms with Gasteiger partial charge in [0, 0.05) is 25.0 Å². The highest BCUT2D eigenvalue weighted by Crippen LogP contribution is 2.35. The highest BCUT2D eigenvalue weighted by atomic mass is 19.3. The minimum atomic E-state index is -4.19. The Labute approximate surface area is 180 Å². The first-order chi connectivity index (χ1) is 14.9. The topological polar surface area (TPSA) is 29.5 Å². The first-order valence-corrected chi connectivity index (χ1v) is 10.1. The first-order valence-electron chi connectivity index (χ1n) is 10.1. The predicted molar refractivity (Wildman–Crippen MR) is 112 cm³/mol. The summed E-state index contributed by atoms with van der Waals surface area (Å²) in [4.78, 5) is 0. The summed E-state index contributed by atoms with van der Waals surface area (Å²) in [6, 6.07) is 7.30. The van der Waals surface area contributed by atoms with Crippen LogP contribution < -0.4 is 4.74 Å². The molecular formula is C25H24F4O2. The molecule has 0 aromatic heterocycles. The molecule has 0 bridgehead atoms. The molecule has 2 aromatic carbocycles. The molecule has 0 aliphatic carbocycles. The zero-order valence-corrected chi connectivity index (χ0v) is 17.1. The first kappa shape index (κ1) is 24.3. The van der Waals surface area contributed by atoms with Gasteiger partial charge in [0.2, 0.25) is 0 Å². The second-order valence-corrected chi connectivity index (χ2v) is 6.97. The summed E-state index contributed by atoms with van der Waals surface area (Å²) in [6.45, 7) is 0.109. The molecule has 0 amide bonds. The Hall–Kier alpha value is -2.96. The number of halogens is 4. The lowest BCUT2D eigenvalue weighted by Crippen LogP contribution is -2.25. The summed E-state index contributed by atoms with van der Waals surface area (Å²) >= 11 is 0. The molecule has 31 heavy (non-hydrogen) atoms. The van der Waals surface area contributed by atoms with Crippen molar-refractivity contribution in [3.8, 4) is 29.9 Å². The van der Waals surface area contributed by atoms with Gasteiger partial charge in [0.15, 0.2) is 0 Å². The zero-order chi connectivity index (χ0) is 22.7. The van der Waals surface area contributed by atoms with Crippen molar-refractivity contribution >= 4 is 0 Å². The lowest BCUT2D eigenvalue weighted by molar-refractivity contribution is -0.189. The number of ether oxygens (including phenoxy) is 1. The van der Waals surface area contributed by atoms with Crippen LogP contribution in [-0.2, 0) is 12.5 Å². The molecule has 0 unspecified atom stereocenters. The third-order valence-electron chi connectivity index (χ3n) is 4.47. The van der Waals surface area contributed by atoms with E-state index in [4.69, 9.17) is 11.5 Å². The fourth-order valence-corrected chi connectivity index (χ4v) is 2.90. The summed E-state index contributed by atoms with van der Waals surface area (Å²) in [5.41, 5.74) is -0.549. The Kier molecular flexibility index (Phi) is 9.43. The van der Waals surface area contributed by atoms with Crippen LogP contribution in [0.4, 0.5) is 17.6 Å². The molecule has 1 N–H and O–H groups in total. The smallest absolute Gasteiger partial charge is 0.429 e. The Morgan fingerprint density at radius 3 is 2.19 bits per heavy atom. The van der Waals surface area contributed by atoms with E-state index < -0.39 is 23.3 Å². The number of hydrogen-bond acceptors (Lipinski definition) is 2. The van der Waals surface area contributed by atoms with Gasteiger partial charge in [-0.1, -0.05) is 11.8 Å². The average molecular weight is 432 g/mol. The third-order valence-corrected chi connectivity index (χ3v) is 4.47. The molecule has 0 saturated heterocycles. The Bertz CT molecular complexity index is 927. The molecule has 0 heterocycles. The Morgan fingerprint density at radius 2 is 1.58 bits per heavy atom. The van der Waals surface area contributed by atoms with Crippen molar-refractivity contribution in [1.82, 2.24) is 0 Å². The largest absolute Gasteiger partial charge is 0.432 e. The molecule has 0 spiro atoms. The van der Waals surface area contributed by atoms with Crippen molar-refractivity contribution in [2.24, 2.45) is 0 Å². The standard InChI is InChI=1S/C25H24F4O2/c1-2-3-4-7-11-20-17-22(26)24(23(27)18-20)25(28,29)31-21-14-12-19(13-15-21)10-8-5-6-9-16-30/h1,12-15,17-18,30H,3-7,9,11,16H2. The fraction of sp³-hybridized carbons (Fsp3) is 0.360.